The molecule has 1 amide bonds. The summed E-state index contributed by atoms with van der Waals surface area (Å²) in [6.45, 7) is 0.236. The minimum atomic E-state index is -0.443. The van der Waals surface area contributed by atoms with Gasteiger partial charge in [-0.2, -0.15) is 0 Å². The van der Waals surface area contributed by atoms with Crippen molar-refractivity contribution in [2.75, 3.05) is 7.11 Å². The first kappa shape index (κ1) is 19.8. The van der Waals surface area contributed by atoms with Crippen LogP contribution >= 0.6 is 12.2 Å². The summed E-state index contributed by atoms with van der Waals surface area (Å²) in [5, 5.41) is 14.2. The van der Waals surface area contributed by atoms with E-state index in [1.165, 1.54) is 19.2 Å². The Morgan fingerprint density at radius 1 is 1.23 bits per heavy atom. The summed E-state index contributed by atoms with van der Waals surface area (Å²) < 4.78 is 11.2. The maximum absolute atomic E-state index is 12.6. The summed E-state index contributed by atoms with van der Waals surface area (Å²) in [6, 6.07) is 11.7. The molecule has 1 heterocycles. The van der Waals surface area contributed by atoms with Crippen molar-refractivity contribution in [1.82, 2.24) is 10.2 Å². The van der Waals surface area contributed by atoms with Gasteiger partial charge in [0.25, 0.3) is 11.6 Å². The predicted molar refractivity (Wildman–Crippen MR) is 114 cm³/mol. The van der Waals surface area contributed by atoms with Crippen LogP contribution in [0.4, 0.5) is 5.69 Å². The van der Waals surface area contributed by atoms with Crippen LogP contribution in [-0.4, -0.2) is 34.0 Å². The highest BCUT2D eigenvalue weighted by Crippen LogP contribution is 2.32. The summed E-state index contributed by atoms with van der Waals surface area (Å²) in [7, 11) is 1.54. The number of methoxy groups -OCH3 is 1. The molecule has 2 fully saturated rings. The molecule has 0 aromatic heterocycles. The van der Waals surface area contributed by atoms with Crippen LogP contribution in [0.3, 0.4) is 0 Å². The Morgan fingerprint density at radius 2 is 1.97 bits per heavy atom. The molecule has 1 saturated carbocycles. The normalized spacial score (nSPS) is 17.2. The Bertz CT molecular complexity index is 1050. The van der Waals surface area contributed by atoms with E-state index in [0.29, 0.717) is 22.3 Å². The fraction of sp³-hybridized carbons (Fsp3) is 0.238. The molecule has 1 aliphatic carbocycles. The van der Waals surface area contributed by atoms with Gasteiger partial charge in [-0.15, -0.1) is 0 Å². The third-order valence-corrected chi connectivity index (χ3v) is 5.16. The maximum Gasteiger partial charge on any atom is 0.276 e. The van der Waals surface area contributed by atoms with E-state index >= 15 is 0 Å². The fourth-order valence-corrected chi connectivity index (χ4v) is 3.49. The van der Waals surface area contributed by atoms with Gasteiger partial charge in [-0.1, -0.05) is 6.07 Å². The van der Waals surface area contributed by atoms with Gasteiger partial charge in [0.05, 0.1) is 12.0 Å². The van der Waals surface area contributed by atoms with E-state index in [-0.39, 0.29) is 24.2 Å². The number of nitro benzene ring substituents is 1. The van der Waals surface area contributed by atoms with Crippen LogP contribution in [0, 0.1) is 10.1 Å². The number of hydrogen-bond donors (Lipinski definition) is 1. The number of hydrogen-bond acceptors (Lipinski definition) is 6. The monoisotopic (exact) mass is 425 g/mol. The SMILES string of the molecule is COc1cc(/C=C2/NC(=S)N(C3CC3)C2=O)ccc1OCc1ccc([N+](=O)[O-])cc1. The van der Waals surface area contributed by atoms with Crippen molar-refractivity contribution in [3.05, 3.63) is 69.4 Å². The first-order valence-corrected chi connectivity index (χ1v) is 9.77. The molecule has 9 heteroatoms. The van der Waals surface area contributed by atoms with Crippen molar-refractivity contribution in [3.63, 3.8) is 0 Å². The highest BCUT2D eigenvalue weighted by Gasteiger charge is 2.41. The third-order valence-electron chi connectivity index (χ3n) is 4.86. The molecule has 0 atom stereocenters. The standard InChI is InChI=1S/C21H19N3O5S/c1-28-19-11-14(10-17-20(25)23(15-7-8-15)21(30)22-17)4-9-18(19)29-12-13-2-5-16(6-3-13)24(26)27/h2-6,9-11,15H,7-8,12H2,1H3,(H,22,30)/b17-10+. The Morgan fingerprint density at radius 3 is 2.60 bits per heavy atom. The average molecular weight is 425 g/mol. The zero-order chi connectivity index (χ0) is 21.3. The molecule has 2 aromatic rings. The molecule has 2 aliphatic rings. The van der Waals surface area contributed by atoms with Gasteiger partial charge in [0.1, 0.15) is 12.3 Å². The van der Waals surface area contributed by atoms with E-state index in [4.69, 9.17) is 21.7 Å². The Hall–Kier alpha value is -3.46. The number of carbonyl (C=O) groups excluding carboxylic acids is 1. The van der Waals surface area contributed by atoms with Gasteiger partial charge in [-0.25, -0.2) is 0 Å². The van der Waals surface area contributed by atoms with Crippen molar-refractivity contribution in [3.8, 4) is 11.5 Å². The van der Waals surface area contributed by atoms with Crippen LogP contribution in [0.1, 0.15) is 24.0 Å². The van der Waals surface area contributed by atoms with Gasteiger partial charge in [0.15, 0.2) is 16.6 Å². The van der Waals surface area contributed by atoms with Gasteiger partial charge in [-0.05, 0) is 66.5 Å². The van der Waals surface area contributed by atoms with E-state index in [0.717, 1.165) is 24.0 Å². The summed E-state index contributed by atoms with van der Waals surface area (Å²) in [4.78, 5) is 24.5. The smallest absolute Gasteiger partial charge is 0.276 e. The zero-order valence-electron chi connectivity index (χ0n) is 16.2. The molecule has 1 N–H and O–H groups in total. The van der Waals surface area contributed by atoms with Gasteiger partial charge < -0.3 is 14.8 Å². The number of amides is 1. The molecular formula is C21H19N3O5S. The van der Waals surface area contributed by atoms with Crippen molar-refractivity contribution < 1.29 is 19.2 Å². The lowest BCUT2D eigenvalue weighted by Crippen LogP contribution is -2.32. The number of carbonyl (C=O) groups is 1. The van der Waals surface area contributed by atoms with Crippen molar-refractivity contribution in [1.29, 1.82) is 0 Å². The van der Waals surface area contributed by atoms with Gasteiger partial charge in [0.2, 0.25) is 0 Å². The first-order chi connectivity index (χ1) is 14.5. The Labute approximate surface area is 178 Å². The van der Waals surface area contributed by atoms with Gasteiger partial charge in [0, 0.05) is 18.2 Å². The maximum atomic E-state index is 12.6. The Balaban J connectivity index is 1.47. The number of nitro groups is 1. The lowest BCUT2D eigenvalue weighted by atomic mass is 10.1. The number of thiocarbonyl (C=S) groups is 1. The van der Waals surface area contributed by atoms with Crippen molar-refractivity contribution in [2.45, 2.75) is 25.5 Å². The number of non-ortho nitro benzene ring substituents is 1. The molecule has 0 unspecified atom stereocenters. The molecule has 8 nitrogen and oxygen atoms in total. The predicted octanol–water partition coefficient (Wildman–Crippen LogP) is 3.40. The molecule has 0 bridgehead atoms. The number of nitrogens with one attached hydrogen (secondary N) is 1. The molecule has 1 aliphatic heterocycles. The molecule has 30 heavy (non-hydrogen) atoms. The second kappa shape index (κ2) is 8.11. The second-order valence-electron chi connectivity index (χ2n) is 7.02. The average Bonchev–Trinajstić information content (AvgIpc) is 3.53. The molecule has 2 aromatic carbocycles. The first-order valence-electron chi connectivity index (χ1n) is 9.36. The van der Waals surface area contributed by atoms with Gasteiger partial charge in [-0.3, -0.25) is 19.8 Å². The lowest BCUT2D eigenvalue weighted by Gasteiger charge is -2.12. The molecule has 154 valence electrons. The number of rotatable bonds is 7. The van der Waals surface area contributed by atoms with E-state index in [1.807, 2.05) is 6.07 Å². The molecule has 4 rings (SSSR count). The van der Waals surface area contributed by atoms with Crippen LogP contribution in [-0.2, 0) is 11.4 Å². The minimum Gasteiger partial charge on any atom is -0.493 e. The van der Waals surface area contributed by atoms with Crippen LogP contribution in [0.15, 0.2) is 48.2 Å². The summed E-state index contributed by atoms with van der Waals surface area (Å²) in [6.07, 6.45) is 3.70. The molecule has 0 radical (unpaired) electrons. The van der Waals surface area contributed by atoms with E-state index in [9.17, 15) is 14.9 Å². The molecule has 1 saturated heterocycles. The largest absolute Gasteiger partial charge is 0.493 e. The number of benzene rings is 2. The zero-order valence-corrected chi connectivity index (χ0v) is 17.0. The molecule has 0 spiro atoms. The van der Waals surface area contributed by atoms with Crippen LogP contribution in [0.5, 0.6) is 11.5 Å². The highest BCUT2D eigenvalue weighted by atomic mass is 32.1. The van der Waals surface area contributed by atoms with Crippen LogP contribution in [0.2, 0.25) is 0 Å². The van der Waals surface area contributed by atoms with Crippen molar-refractivity contribution in [2.24, 2.45) is 0 Å². The van der Waals surface area contributed by atoms with Crippen LogP contribution < -0.4 is 14.8 Å². The van der Waals surface area contributed by atoms with Gasteiger partial charge >= 0.3 is 0 Å². The second-order valence-corrected chi connectivity index (χ2v) is 7.40. The third kappa shape index (κ3) is 4.11. The topological polar surface area (TPSA) is 93.9 Å². The number of nitrogens with zero attached hydrogens (tertiary/aromatic N) is 2. The summed E-state index contributed by atoms with van der Waals surface area (Å²) in [5.41, 5.74) is 2.03. The van der Waals surface area contributed by atoms with E-state index in [2.05, 4.69) is 5.32 Å². The van der Waals surface area contributed by atoms with Crippen molar-refractivity contribution >= 4 is 35.0 Å². The summed E-state index contributed by atoms with van der Waals surface area (Å²) >= 11 is 5.27. The van der Waals surface area contributed by atoms with Crippen LogP contribution in [0.25, 0.3) is 6.08 Å². The molecular weight excluding hydrogens is 406 g/mol. The quantitative estimate of drug-likeness (QED) is 0.314. The van der Waals surface area contributed by atoms with E-state index < -0.39 is 4.92 Å². The minimum absolute atomic E-state index is 0.0310. The van der Waals surface area contributed by atoms with E-state index in [1.54, 1.807) is 35.2 Å². The Kier molecular flexibility index (Phi) is 5.37. The number of ether oxygens (including phenoxy) is 2. The lowest BCUT2D eigenvalue weighted by molar-refractivity contribution is -0.384. The highest BCUT2D eigenvalue weighted by molar-refractivity contribution is 7.80. The summed E-state index contributed by atoms with van der Waals surface area (Å²) in [5.74, 6) is 0.928. The fourth-order valence-electron chi connectivity index (χ4n) is 3.15.